The fourth-order valence-electron chi connectivity index (χ4n) is 4.18. The first-order chi connectivity index (χ1) is 14.1. The zero-order valence-electron chi connectivity index (χ0n) is 15.8. The highest BCUT2D eigenvalue weighted by atomic mass is 35.5. The van der Waals surface area contributed by atoms with E-state index in [9.17, 15) is 5.11 Å². The summed E-state index contributed by atoms with van der Waals surface area (Å²) in [4.78, 5) is 19.0. The van der Waals surface area contributed by atoms with Crippen LogP contribution in [0, 0.1) is 0 Å². The number of thiazole rings is 1. The van der Waals surface area contributed by atoms with E-state index in [1.165, 1.54) is 16.2 Å². The number of halogens is 1. The minimum Gasteiger partial charge on any atom is -0.383 e. The molecule has 2 atom stereocenters. The molecule has 0 aliphatic carbocycles. The molecule has 0 radical (unpaired) electrons. The highest BCUT2D eigenvalue weighted by Crippen LogP contribution is 2.40. The molecule has 0 bridgehead atoms. The van der Waals surface area contributed by atoms with Crippen molar-refractivity contribution in [2.24, 2.45) is 0 Å². The molecule has 2 aliphatic rings. The van der Waals surface area contributed by atoms with Crippen molar-refractivity contribution in [2.75, 3.05) is 32.8 Å². The smallest absolute Gasteiger partial charge is 0.143 e. The van der Waals surface area contributed by atoms with Crippen LogP contribution in [0.4, 0.5) is 0 Å². The van der Waals surface area contributed by atoms with Crippen LogP contribution < -0.4 is 0 Å². The summed E-state index contributed by atoms with van der Waals surface area (Å²) in [7, 11) is 0. The molecule has 2 saturated heterocycles. The number of aromatic nitrogens is 3. The van der Waals surface area contributed by atoms with Crippen LogP contribution >= 0.6 is 34.3 Å². The molecule has 29 heavy (non-hydrogen) atoms. The van der Waals surface area contributed by atoms with E-state index in [0.29, 0.717) is 26.0 Å². The average Bonchev–Trinajstić information content (AvgIpc) is 3.40. The number of thiophene rings is 1. The lowest BCUT2D eigenvalue weighted by Crippen LogP contribution is -2.52. The Morgan fingerprint density at radius 1 is 1.24 bits per heavy atom. The van der Waals surface area contributed by atoms with Gasteiger partial charge in [-0.2, -0.15) is 0 Å². The lowest BCUT2D eigenvalue weighted by Gasteiger charge is -2.46. The predicted octanol–water partition coefficient (Wildman–Crippen LogP) is 3.03. The van der Waals surface area contributed by atoms with Crippen molar-refractivity contribution in [3.05, 3.63) is 40.1 Å². The van der Waals surface area contributed by atoms with Crippen LogP contribution in [-0.2, 0) is 10.3 Å². The first-order valence-corrected chi connectivity index (χ1v) is 11.8. The number of nitrogens with zero attached hydrogens (tertiary/aromatic N) is 5. The molecule has 0 spiro atoms. The molecule has 5 heterocycles. The van der Waals surface area contributed by atoms with E-state index < -0.39 is 5.60 Å². The van der Waals surface area contributed by atoms with Crippen molar-refractivity contribution in [1.82, 2.24) is 24.8 Å². The number of morpholine rings is 1. The average molecular weight is 452 g/mol. The van der Waals surface area contributed by atoms with E-state index >= 15 is 0 Å². The number of ether oxygens (including phenoxy) is 1. The summed E-state index contributed by atoms with van der Waals surface area (Å²) < 4.78 is 6.64. The highest BCUT2D eigenvalue weighted by molar-refractivity contribution is 7.19. The molecular formula is C19H22ClN5O2S2. The molecule has 3 aromatic heterocycles. The summed E-state index contributed by atoms with van der Waals surface area (Å²) in [5.41, 5.74) is -0.171. The number of hydrogen-bond acceptors (Lipinski definition) is 9. The summed E-state index contributed by atoms with van der Waals surface area (Å²) in [5.74, 6) is 0. The minimum absolute atomic E-state index is 0.0835. The Morgan fingerprint density at radius 3 is 2.83 bits per heavy atom. The maximum absolute atomic E-state index is 11.1. The van der Waals surface area contributed by atoms with Gasteiger partial charge in [-0.25, -0.2) is 15.0 Å². The van der Waals surface area contributed by atoms with E-state index in [1.54, 1.807) is 23.9 Å². The third kappa shape index (κ3) is 3.93. The molecule has 7 nitrogen and oxygen atoms in total. The molecule has 3 aromatic rings. The van der Waals surface area contributed by atoms with Crippen LogP contribution in [0.1, 0.15) is 28.9 Å². The van der Waals surface area contributed by atoms with Crippen LogP contribution in [0.5, 0.6) is 0 Å². The van der Waals surface area contributed by atoms with Crippen molar-refractivity contribution < 1.29 is 9.84 Å². The summed E-state index contributed by atoms with van der Waals surface area (Å²) in [5, 5.41) is 13.9. The van der Waals surface area contributed by atoms with Crippen molar-refractivity contribution in [1.29, 1.82) is 0 Å². The van der Waals surface area contributed by atoms with Gasteiger partial charge >= 0.3 is 0 Å². The lowest BCUT2D eigenvalue weighted by atomic mass is 9.91. The van der Waals surface area contributed by atoms with Crippen LogP contribution in [0.2, 0.25) is 0 Å². The first-order valence-electron chi connectivity index (χ1n) is 9.68. The number of piperidine rings is 1. The van der Waals surface area contributed by atoms with Gasteiger partial charge in [-0.15, -0.1) is 22.7 Å². The summed E-state index contributed by atoms with van der Waals surface area (Å²) in [6.45, 7) is 3.67. The van der Waals surface area contributed by atoms with E-state index in [0.717, 1.165) is 34.9 Å². The van der Waals surface area contributed by atoms with Gasteiger partial charge in [-0.3, -0.25) is 9.80 Å². The number of rotatable bonds is 4. The molecule has 10 heteroatoms. The number of likely N-dealkylation sites (tertiary alicyclic amines) is 1. The molecule has 2 unspecified atom stereocenters. The molecule has 0 saturated carbocycles. The van der Waals surface area contributed by atoms with Crippen LogP contribution in [-0.4, -0.2) is 68.2 Å². The maximum Gasteiger partial charge on any atom is 0.143 e. The second-order valence-corrected chi connectivity index (χ2v) is 9.97. The van der Waals surface area contributed by atoms with E-state index in [-0.39, 0.29) is 11.7 Å². The Bertz CT molecular complexity index is 928. The van der Waals surface area contributed by atoms with Gasteiger partial charge in [0.15, 0.2) is 0 Å². The molecular weight excluding hydrogens is 430 g/mol. The highest BCUT2D eigenvalue weighted by Gasteiger charge is 2.40. The van der Waals surface area contributed by atoms with E-state index in [2.05, 4.69) is 30.8 Å². The third-order valence-electron chi connectivity index (χ3n) is 5.67. The second kappa shape index (κ2) is 8.14. The molecule has 2 fully saturated rings. The number of aliphatic hydroxyl groups is 1. The number of alkyl halides is 1. The van der Waals surface area contributed by atoms with Crippen molar-refractivity contribution in [2.45, 2.75) is 30.2 Å². The van der Waals surface area contributed by atoms with Crippen molar-refractivity contribution in [3.63, 3.8) is 0 Å². The third-order valence-corrected chi connectivity index (χ3v) is 8.00. The predicted molar refractivity (Wildman–Crippen MR) is 114 cm³/mol. The van der Waals surface area contributed by atoms with Gasteiger partial charge in [-0.05, 0) is 18.9 Å². The van der Waals surface area contributed by atoms with Gasteiger partial charge in [0.05, 0.1) is 23.0 Å². The Kier molecular flexibility index (Phi) is 5.55. The van der Waals surface area contributed by atoms with Crippen LogP contribution in [0.15, 0.2) is 30.2 Å². The lowest BCUT2D eigenvalue weighted by molar-refractivity contribution is -0.0857. The summed E-state index contributed by atoms with van der Waals surface area (Å²) in [6, 6.07) is 2.16. The summed E-state index contributed by atoms with van der Waals surface area (Å²) >= 11 is 9.58. The Balaban J connectivity index is 1.43. The Hall–Kier alpha value is -1.20. The van der Waals surface area contributed by atoms with Crippen LogP contribution in [0.3, 0.4) is 0 Å². The van der Waals surface area contributed by atoms with E-state index in [4.69, 9.17) is 16.3 Å². The fraction of sp³-hybridized carbons (Fsp3) is 0.526. The van der Waals surface area contributed by atoms with Gasteiger partial charge < -0.3 is 9.84 Å². The van der Waals surface area contributed by atoms with E-state index in [1.807, 2.05) is 11.6 Å². The fourth-order valence-corrected chi connectivity index (χ4v) is 6.40. The summed E-state index contributed by atoms with van der Waals surface area (Å²) in [6.07, 6.45) is 6.63. The zero-order valence-corrected chi connectivity index (χ0v) is 18.2. The maximum atomic E-state index is 11.1. The largest absolute Gasteiger partial charge is 0.383 e. The van der Waals surface area contributed by atoms with Gasteiger partial charge in [0, 0.05) is 48.8 Å². The number of hydrogen-bond donors (Lipinski definition) is 1. The van der Waals surface area contributed by atoms with Gasteiger partial charge in [-0.1, -0.05) is 11.6 Å². The molecule has 154 valence electrons. The van der Waals surface area contributed by atoms with Gasteiger partial charge in [0.2, 0.25) is 0 Å². The minimum atomic E-state index is -0.832. The molecule has 0 aromatic carbocycles. The normalized spacial score (nSPS) is 24.7. The standard InChI is InChI=1S/C19H22ClN5O2S2/c20-16-11-25(6-7-27-16)17(14-9-13-15(29-14)10-21-12-23-13)24-4-1-19(26,2-5-24)18-22-3-8-28-18/h3,8-10,12,16-17,26H,1-2,4-7,11H2. The zero-order chi connectivity index (χ0) is 19.8. The molecule has 5 rings (SSSR count). The molecule has 1 N–H and O–H groups in total. The van der Waals surface area contributed by atoms with Crippen LogP contribution in [0.25, 0.3) is 10.2 Å². The molecule has 0 amide bonds. The monoisotopic (exact) mass is 451 g/mol. The van der Waals surface area contributed by atoms with Gasteiger partial charge in [0.25, 0.3) is 0 Å². The van der Waals surface area contributed by atoms with Crippen molar-refractivity contribution in [3.8, 4) is 0 Å². The Labute approximate surface area is 181 Å². The SMILES string of the molecule is OC1(c2nccs2)CCN(C(c2cc3ncncc3s2)N2CCOC(Cl)C2)CC1. The molecule has 2 aliphatic heterocycles. The number of fused-ring (bicyclic) bond motifs is 1. The van der Waals surface area contributed by atoms with Gasteiger partial charge in [0.1, 0.15) is 22.5 Å². The van der Waals surface area contributed by atoms with Crippen molar-refractivity contribution >= 4 is 44.5 Å². The Morgan fingerprint density at radius 2 is 2.10 bits per heavy atom. The first kappa shape index (κ1) is 19.7. The second-order valence-electron chi connectivity index (χ2n) is 7.48. The topological polar surface area (TPSA) is 74.6 Å². The quantitative estimate of drug-likeness (QED) is 0.611.